The summed E-state index contributed by atoms with van der Waals surface area (Å²) in [5.74, 6) is -1.07. The average molecular weight is 472 g/mol. The van der Waals surface area contributed by atoms with Gasteiger partial charge in [-0.1, -0.05) is 12.1 Å². The third kappa shape index (κ3) is 4.21. The molecule has 2 N–H and O–H groups in total. The van der Waals surface area contributed by atoms with Gasteiger partial charge in [0.2, 0.25) is 0 Å². The Morgan fingerprint density at radius 3 is 2.47 bits per heavy atom. The number of nitrogen functional groups attached to an aromatic ring is 1. The fraction of sp³-hybridized carbons (Fsp3) is 0.261. The van der Waals surface area contributed by atoms with Crippen molar-refractivity contribution in [3.63, 3.8) is 0 Å². The Morgan fingerprint density at radius 2 is 1.82 bits per heavy atom. The second kappa shape index (κ2) is 8.49. The standard InChI is InChI=1S/C23H19F3N4O4/c24-23(25,26)34-14-9-7-13(8-10-14)30-20(27)18(22(31)33-12-15-4-3-11-32-15)19-21(30)29-17-6-2-1-5-16(17)28-19/h1-2,5-10,15H,3-4,11-12,27H2. The molecule has 0 bridgehead atoms. The van der Waals surface area contributed by atoms with Crippen molar-refractivity contribution in [2.24, 2.45) is 0 Å². The predicted molar refractivity (Wildman–Crippen MR) is 117 cm³/mol. The van der Waals surface area contributed by atoms with E-state index < -0.39 is 12.3 Å². The van der Waals surface area contributed by atoms with Gasteiger partial charge in [0.15, 0.2) is 5.65 Å². The number of carbonyl (C=O) groups excluding carboxylic acids is 1. The van der Waals surface area contributed by atoms with Crippen LogP contribution in [0, 0.1) is 0 Å². The van der Waals surface area contributed by atoms with Crippen LogP contribution >= 0.6 is 0 Å². The number of hydrogen-bond donors (Lipinski definition) is 1. The van der Waals surface area contributed by atoms with E-state index in [1.54, 1.807) is 24.3 Å². The molecule has 1 aliphatic rings. The van der Waals surface area contributed by atoms with E-state index in [9.17, 15) is 18.0 Å². The van der Waals surface area contributed by atoms with Gasteiger partial charge in [-0.2, -0.15) is 0 Å². The van der Waals surface area contributed by atoms with E-state index in [1.807, 2.05) is 0 Å². The second-order valence-corrected chi connectivity index (χ2v) is 7.76. The zero-order valence-electron chi connectivity index (χ0n) is 17.7. The molecule has 0 amide bonds. The number of rotatable bonds is 5. The minimum atomic E-state index is -4.81. The van der Waals surface area contributed by atoms with Gasteiger partial charge >= 0.3 is 12.3 Å². The van der Waals surface area contributed by atoms with E-state index in [2.05, 4.69) is 14.7 Å². The maximum atomic E-state index is 13.0. The maximum absolute atomic E-state index is 13.0. The van der Waals surface area contributed by atoms with E-state index in [1.165, 1.54) is 16.7 Å². The normalized spacial score (nSPS) is 16.3. The number of anilines is 1. The lowest BCUT2D eigenvalue weighted by atomic mass is 10.2. The van der Waals surface area contributed by atoms with Gasteiger partial charge in [-0.25, -0.2) is 14.8 Å². The van der Waals surface area contributed by atoms with Crippen LogP contribution in [0.5, 0.6) is 5.75 Å². The molecule has 1 aliphatic heterocycles. The summed E-state index contributed by atoms with van der Waals surface area (Å²) in [5, 5.41) is 0. The molecule has 3 heterocycles. The van der Waals surface area contributed by atoms with Crippen molar-refractivity contribution in [2.45, 2.75) is 25.3 Å². The van der Waals surface area contributed by atoms with Crippen molar-refractivity contribution >= 4 is 34.0 Å². The summed E-state index contributed by atoms with van der Waals surface area (Å²) in [7, 11) is 0. The smallest absolute Gasteiger partial charge is 0.459 e. The first kappa shape index (κ1) is 22.0. The number of esters is 1. The van der Waals surface area contributed by atoms with E-state index >= 15 is 0 Å². The fourth-order valence-corrected chi connectivity index (χ4v) is 3.94. The quantitative estimate of drug-likeness (QED) is 0.430. The Labute approximate surface area is 191 Å². The molecule has 8 nitrogen and oxygen atoms in total. The van der Waals surface area contributed by atoms with Crippen LogP contribution in [0.15, 0.2) is 48.5 Å². The van der Waals surface area contributed by atoms with E-state index in [4.69, 9.17) is 15.2 Å². The minimum Gasteiger partial charge on any atom is -0.459 e. The molecule has 5 rings (SSSR count). The summed E-state index contributed by atoms with van der Waals surface area (Å²) in [6, 6.07) is 12.2. The van der Waals surface area contributed by atoms with Gasteiger partial charge in [0.1, 0.15) is 29.3 Å². The molecule has 2 aromatic carbocycles. The van der Waals surface area contributed by atoms with Crippen molar-refractivity contribution in [3.8, 4) is 11.4 Å². The van der Waals surface area contributed by atoms with Crippen molar-refractivity contribution < 1.29 is 32.2 Å². The third-order valence-corrected chi connectivity index (χ3v) is 5.45. The molecule has 34 heavy (non-hydrogen) atoms. The first-order valence-electron chi connectivity index (χ1n) is 10.5. The number of alkyl halides is 3. The highest BCUT2D eigenvalue weighted by Crippen LogP contribution is 2.33. The fourth-order valence-electron chi connectivity index (χ4n) is 3.94. The van der Waals surface area contributed by atoms with Crippen LogP contribution in [0.2, 0.25) is 0 Å². The lowest BCUT2D eigenvalue weighted by Gasteiger charge is -2.12. The van der Waals surface area contributed by atoms with Crippen molar-refractivity contribution in [1.29, 1.82) is 0 Å². The Hall–Kier alpha value is -3.86. The van der Waals surface area contributed by atoms with Gasteiger partial charge in [0, 0.05) is 12.3 Å². The number of carbonyl (C=O) groups is 1. The SMILES string of the molecule is Nc1c(C(=O)OCC2CCCO2)c2nc3ccccc3nc2n1-c1ccc(OC(F)(F)F)cc1. The summed E-state index contributed by atoms with van der Waals surface area (Å²) in [4.78, 5) is 22.2. The Balaban J connectivity index is 1.60. The Morgan fingerprint density at radius 1 is 1.12 bits per heavy atom. The number of aromatic nitrogens is 3. The van der Waals surface area contributed by atoms with Crippen LogP contribution in [0.1, 0.15) is 23.2 Å². The maximum Gasteiger partial charge on any atom is 0.573 e. The van der Waals surface area contributed by atoms with Gasteiger partial charge in [-0.3, -0.25) is 4.57 Å². The van der Waals surface area contributed by atoms with Crippen LogP contribution in [-0.4, -0.2) is 46.2 Å². The zero-order chi connectivity index (χ0) is 23.9. The van der Waals surface area contributed by atoms with Crippen LogP contribution in [0.4, 0.5) is 19.0 Å². The van der Waals surface area contributed by atoms with E-state index in [0.29, 0.717) is 23.3 Å². The summed E-state index contributed by atoms with van der Waals surface area (Å²) in [6.45, 7) is 0.699. The van der Waals surface area contributed by atoms with E-state index in [0.717, 1.165) is 25.0 Å². The number of ether oxygens (including phenoxy) is 3. The Kier molecular flexibility index (Phi) is 5.48. The first-order chi connectivity index (χ1) is 16.3. The zero-order valence-corrected chi connectivity index (χ0v) is 17.7. The molecular weight excluding hydrogens is 453 g/mol. The number of hydrogen-bond acceptors (Lipinski definition) is 7. The topological polar surface area (TPSA) is 101 Å². The predicted octanol–water partition coefficient (Wildman–Crippen LogP) is 4.39. The van der Waals surface area contributed by atoms with E-state index in [-0.39, 0.29) is 41.0 Å². The van der Waals surface area contributed by atoms with Gasteiger partial charge in [0.05, 0.1) is 17.1 Å². The summed E-state index contributed by atoms with van der Waals surface area (Å²) < 4.78 is 54.0. The largest absolute Gasteiger partial charge is 0.573 e. The lowest BCUT2D eigenvalue weighted by molar-refractivity contribution is -0.274. The highest BCUT2D eigenvalue weighted by molar-refractivity contribution is 6.09. The molecule has 1 unspecified atom stereocenters. The molecule has 0 saturated carbocycles. The molecule has 0 spiro atoms. The highest BCUT2D eigenvalue weighted by Gasteiger charge is 2.31. The first-order valence-corrected chi connectivity index (χ1v) is 10.5. The highest BCUT2D eigenvalue weighted by atomic mass is 19.4. The molecule has 1 atom stereocenters. The molecule has 1 saturated heterocycles. The monoisotopic (exact) mass is 472 g/mol. The van der Waals surface area contributed by atoms with Crippen LogP contribution in [0.3, 0.4) is 0 Å². The summed E-state index contributed by atoms with van der Waals surface area (Å²) >= 11 is 0. The van der Waals surface area contributed by atoms with Gasteiger partial charge < -0.3 is 19.9 Å². The van der Waals surface area contributed by atoms with Crippen molar-refractivity contribution in [1.82, 2.24) is 14.5 Å². The van der Waals surface area contributed by atoms with Gasteiger partial charge in [-0.15, -0.1) is 13.2 Å². The number of benzene rings is 2. The number of nitrogens with two attached hydrogens (primary N) is 1. The number of fused-ring (bicyclic) bond motifs is 2. The van der Waals surface area contributed by atoms with Crippen molar-refractivity contribution in [2.75, 3.05) is 18.9 Å². The molecule has 11 heteroatoms. The number of para-hydroxylation sites is 2. The van der Waals surface area contributed by atoms with Crippen molar-refractivity contribution in [3.05, 3.63) is 54.1 Å². The molecule has 1 fully saturated rings. The Bertz CT molecular complexity index is 1360. The average Bonchev–Trinajstić information content (AvgIpc) is 3.41. The third-order valence-electron chi connectivity index (χ3n) is 5.45. The molecule has 0 radical (unpaired) electrons. The second-order valence-electron chi connectivity index (χ2n) is 7.76. The molecule has 2 aromatic heterocycles. The number of halogens is 3. The molecule has 0 aliphatic carbocycles. The molecule has 4 aromatic rings. The van der Waals surface area contributed by atoms with Crippen LogP contribution in [-0.2, 0) is 9.47 Å². The minimum absolute atomic E-state index is 0.00661. The summed E-state index contributed by atoms with van der Waals surface area (Å²) in [6.07, 6.45) is -3.30. The van der Waals surface area contributed by atoms with Crippen LogP contribution < -0.4 is 10.5 Å². The lowest BCUT2D eigenvalue weighted by Crippen LogP contribution is -2.18. The molecule has 176 valence electrons. The molecular formula is C23H19F3N4O4. The van der Waals surface area contributed by atoms with Gasteiger partial charge in [-0.05, 0) is 49.2 Å². The number of nitrogens with zero attached hydrogens (tertiary/aromatic N) is 3. The summed E-state index contributed by atoms with van der Waals surface area (Å²) in [5.41, 5.74) is 8.38. The van der Waals surface area contributed by atoms with Crippen LogP contribution in [0.25, 0.3) is 27.9 Å². The van der Waals surface area contributed by atoms with Gasteiger partial charge in [0.25, 0.3) is 0 Å².